The van der Waals surface area contributed by atoms with Gasteiger partial charge in [-0.05, 0) is 34.5 Å². The molecule has 50 valence electrons. The smallest absolute Gasteiger partial charge is 0.108 e. The van der Waals surface area contributed by atoms with E-state index in [1.54, 1.807) is 6.20 Å². The second kappa shape index (κ2) is 3.85. The Labute approximate surface area is 69.0 Å². The number of aromatic nitrogens is 1. The highest BCUT2D eigenvalue weighted by Gasteiger charge is 1.87. The van der Waals surface area contributed by atoms with Gasteiger partial charge in [0, 0.05) is 6.20 Å². The average molecular weight is 208 g/mol. The molecule has 1 heterocycles. The third-order valence-corrected chi connectivity index (χ3v) is 1.78. The maximum atomic E-state index is 4.00. The molecule has 0 aliphatic carbocycles. The molecule has 3 heteroatoms. The molecule has 0 fully saturated rings. The molecule has 0 aromatic carbocycles. The minimum atomic E-state index is 0. The van der Waals surface area contributed by atoms with Crippen LogP contribution in [0.15, 0.2) is 22.9 Å². The van der Waals surface area contributed by atoms with Crippen molar-refractivity contribution in [3.8, 4) is 0 Å². The highest BCUT2D eigenvalue weighted by atomic mass is 79.9. The predicted octanol–water partition coefficient (Wildman–Crippen LogP) is 2.57. The van der Waals surface area contributed by atoms with Crippen molar-refractivity contribution in [1.82, 2.24) is 4.98 Å². The van der Waals surface area contributed by atoms with Crippen LogP contribution in [0.3, 0.4) is 0 Å². The molecule has 0 spiro atoms. The van der Waals surface area contributed by atoms with Gasteiger partial charge < -0.3 is 0 Å². The monoisotopic (exact) mass is 207 g/mol. The molecule has 0 saturated heterocycles. The largest absolute Gasteiger partial charge is 0.249 e. The summed E-state index contributed by atoms with van der Waals surface area (Å²) in [5, 5.41) is 0. The maximum Gasteiger partial charge on any atom is 0.108 e. The van der Waals surface area contributed by atoms with Gasteiger partial charge in [-0.3, -0.25) is 0 Å². The Balaban J connectivity index is 0.000000640. The van der Waals surface area contributed by atoms with E-state index in [0.29, 0.717) is 0 Å². The molecular formula is C6H7BrClN. The highest BCUT2D eigenvalue weighted by molar-refractivity contribution is 9.10. The van der Waals surface area contributed by atoms with Gasteiger partial charge in [0.1, 0.15) is 4.60 Å². The maximum absolute atomic E-state index is 4.00. The SMILES string of the molecule is Cc1cccnc1Br.Cl. The predicted molar refractivity (Wildman–Crippen MR) is 43.9 cm³/mol. The molecule has 0 saturated carbocycles. The van der Waals surface area contributed by atoms with Gasteiger partial charge in [-0.25, -0.2) is 4.98 Å². The first kappa shape index (κ1) is 8.92. The molecule has 0 aliphatic rings. The van der Waals surface area contributed by atoms with Crippen molar-refractivity contribution in [3.63, 3.8) is 0 Å². The topological polar surface area (TPSA) is 12.9 Å². The van der Waals surface area contributed by atoms with Crippen LogP contribution in [0, 0.1) is 6.92 Å². The summed E-state index contributed by atoms with van der Waals surface area (Å²) in [6, 6.07) is 3.93. The first-order chi connectivity index (χ1) is 3.80. The van der Waals surface area contributed by atoms with E-state index >= 15 is 0 Å². The Morgan fingerprint density at radius 3 is 2.56 bits per heavy atom. The molecule has 1 aromatic rings. The lowest BCUT2D eigenvalue weighted by Gasteiger charge is -1.90. The zero-order valence-electron chi connectivity index (χ0n) is 4.97. The van der Waals surface area contributed by atoms with Gasteiger partial charge in [0.05, 0.1) is 0 Å². The van der Waals surface area contributed by atoms with Gasteiger partial charge in [0.25, 0.3) is 0 Å². The van der Waals surface area contributed by atoms with Crippen LogP contribution in [0.2, 0.25) is 0 Å². The van der Waals surface area contributed by atoms with Crippen LogP contribution in [0.5, 0.6) is 0 Å². The Morgan fingerprint density at radius 2 is 2.22 bits per heavy atom. The van der Waals surface area contributed by atoms with Crippen LogP contribution in [0.1, 0.15) is 5.56 Å². The van der Waals surface area contributed by atoms with Gasteiger partial charge >= 0.3 is 0 Å². The normalized spacial score (nSPS) is 8.22. The summed E-state index contributed by atoms with van der Waals surface area (Å²) in [5.41, 5.74) is 1.17. The van der Waals surface area contributed by atoms with Gasteiger partial charge in [-0.15, -0.1) is 12.4 Å². The first-order valence-electron chi connectivity index (χ1n) is 2.38. The summed E-state index contributed by atoms with van der Waals surface area (Å²) in [6.45, 7) is 2.01. The van der Waals surface area contributed by atoms with Gasteiger partial charge in [0.2, 0.25) is 0 Å². The molecule has 0 amide bonds. The first-order valence-corrected chi connectivity index (χ1v) is 3.17. The molecule has 1 aromatic heterocycles. The second-order valence-electron chi connectivity index (χ2n) is 1.61. The summed E-state index contributed by atoms with van der Waals surface area (Å²) in [6.07, 6.45) is 1.76. The number of halogens is 2. The van der Waals surface area contributed by atoms with Gasteiger partial charge in [-0.1, -0.05) is 6.07 Å². The van der Waals surface area contributed by atoms with Crippen LogP contribution >= 0.6 is 28.3 Å². The third kappa shape index (κ3) is 2.33. The minimum absolute atomic E-state index is 0. The number of nitrogens with zero attached hydrogens (tertiary/aromatic N) is 1. The lowest BCUT2D eigenvalue weighted by atomic mass is 10.3. The van der Waals surface area contributed by atoms with E-state index in [9.17, 15) is 0 Å². The molecule has 0 atom stereocenters. The second-order valence-corrected chi connectivity index (χ2v) is 2.36. The number of hydrogen-bond acceptors (Lipinski definition) is 1. The third-order valence-electron chi connectivity index (χ3n) is 0.946. The van der Waals surface area contributed by atoms with Crippen molar-refractivity contribution in [3.05, 3.63) is 28.5 Å². The Morgan fingerprint density at radius 1 is 1.56 bits per heavy atom. The molecule has 1 rings (SSSR count). The van der Waals surface area contributed by atoms with E-state index in [2.05, 4.69) is 20.9 Å². The van der Waals surface area contributed by atoms with Crippen LogP contribution in [-0.4, -0.2) is 4.98 Å². The van der Waals surface area contributed by atoms with Crippen molar-refractivity contribution in [1.29, 1.82) is 0 Å². The highest BCUT2D eigenvalue weighted by Crippen LogP contribution is 2.09. The quantitative estimate of drug-likeness (QED) is 0.597. The molecule has 0 unspecified atom stereocenters. The van der Waals surface area contributed by atoms with Crippen molar-refractivity contribution < 1.29 is 0 Å². The summed E-state index contributed by atoms with van der Waals surface area (Å²) >= 11 is 3.28. The van der Waals surface area contributed by atoms with E-state index in [0.717, 1.165) is 4.60 Å². The van der Waals surface area contributed by atoms with E-state index in [1.165, 1.54) is 5.56 Å². The number of rotatable bonds is 0. The number of hydrogen-bond donors (Lipinski definition) is 0. The molecular weight excluding hydrogens is 201 g/mol. The van der Waals surface area contributed by atoms with E-state index in [4.69, 9.17) is 0 Å². The zero-order valence-corrected chi connectivity index (χ0v) is 7.37. The average Bonchev–Trinajstić information content (AvgIpc) is 1.77. The van der Waals surface area contributed by atoms with Gasteiger partial charge in [0.15, 0.2) is 0 Å². The zero-order chi connectivity index (χ0) is 5.98. The van der Waals surface area contributed by atoms with Crippen molar-refractivity contribution in [2.24, 2.45) is 0 Å². The van der Waals surface area contributed by atoms with Crippen LogP contribution in [-0.2, 0) is 0 Å². The van der Waals surface area contributed by atoms with Crippen molar-refractivity contribution in [2.45, 2.75) is 6.92 Å². The molecule has 1 nitrogen and oxygen atoms in total. The lowest BCUT2D eigenvalue weighted by molar-refractivity contribution is 1.22. The molecule has 0 N–H and O–H groups in total. The van der Waals surface area contributed by atoms with Gasteiger partial charge in [-0.2, -0.15) is 0 Å². The fourth-order valence-corrected chi connectivity index (χ4v) is 0.717. The summed E-state index contributed by atoms with van der Waals surface area (Å²) in [7, 11) is 0. The van der Waals surface area contributed by atoms with E-state index < -0.39 is 0 Å². The Hall–Kier alpha value is -0.0800. The van der Waals surface area contributed by atoms with Crippen LogP contribution in [0.4, 0.5) is 0 Å². The van der Waals surface area contributed by atoms with Crippen LogP contribution in [0.25, 0.3) is 0 Å². The fourth-order valence-electron chi connectivity index (χ4n) is 0.466. The Kier molecular flexibility index (Phi) is 3.82. The van der Waals surface area contributed by atoms with E-state index in [1.807, 2.05) is 19.1 Å². The molecule has 0 radical (unpaired) electrons. The summed E-state index contributed by atoms with van der Waals surface area (Å²) in [5.74, 6) is 0. The standard InChI is InChI=1S/C6H6BrN.ClH/c1-5-3-2-4-8-6(5)7;/h2-4H,1H3;1H. The molecule has 0 aliphatic heterocycles. The lowest BCUT2D eigenvalue weighted by Crippen LogP contribution is -1.76. The molecule has 9 heavy (non-hydrogen) atoms. The van der Waals surface area contributed by atoms with Crippen molar-refractivity contribution in [2.75, 3.05) is 0 Å². The fraction of sp³-hybridized carbons (Fsp3) is 0.167. The number of pyridine rings is 1. The Bertz CT molecular complexity index is 169. The van der Waals surface area contributed by atoms with Crippen LogP contribution < -0.4 is 0 Å². The minimum Gasteiger partial charge on any atom is -0.249 e. The summed E-state index contributed by atoms with van der Waals surface area (Å²) < 4.78 is 0.931. The summed E-state index contributed by atoms with van der Waals surface area (Å²) in [4.78, 5) is 4.00. The van der Waals surface area contributed by atoms with Crippen molar-refractivity contribution >= 4 is 28.3 Å². The van der Waals surface area contributed by atoms with E-state index in [-0.39, 0.29) is 12.4 Å². The molecule has 0 bridgehead atoms. The number of aryl methyl sites for hydroxylation is 1.